The first kappa shape index (κ1) is 19.3. The molecular weight excluding hydrogens is 389 g/mol. The van der Waals surface area contributed by atoms with Gasteiger partial charge in [0.25, 0.3) is 0 Å². The SMILES string of the molecule is CC(=NN1CCN(Cc2cccc3ccccc23)CC1)c1ccc(Cl)c(Cl)c1. The minimum Gasteiger partial charge on any atom is -0.295 e. The van der Waals surface area contributed by atoms with Crippen molar-refractivity contribution in [3.05, 3.63) is 81.8 Å². The lowest BCUT2D eigenvalue weighted by Gasteiger charge is -2.33. The summed E-state index contributed by atoms with van der Waals surface area (Å²) in [5, 5.41) is 10.7. The van der Waals surface area contributed by atoms with Crippen LogP contribution in [0.3, 0.4) is 0 Å². The van der Waals surface area contributed by atoms with Crippen LogP contribution in [-0.2, 0) is 6.54 Å². The number of fused-ring (bicyclic) bond motifs is 1. The zero-order valence-corrected chi connectivity index (χ0v) is 17.4. The standard InChI is InChI=1S/C23H23Cl2N3/c1-17(19-9-10-22(24)23(25)15-19)26-28-13-11-27(12-14-28)16-20-7-4-6-18-5-2-3-8-21(18)20/h2-10,15H,11-14,16H2,1H3. The predicted octanol–water partition coefficient (Wildman–Crippen LogP) is 5.69. The molecule has 0 saturated carbocycles. The maximum absolute atomic E-state index is 6.13. The Balaban J connectivity index is 1.39. The molecule has 28 heavy (non-hydrogen) atoms. The lowest BCUT2D eigenvalue weighted by molar-refractivity contribution is 0.131. The molecule has 1 saturated heterocycles. The number of halogens is 2. The minimum absolute atomic E-state index is 0.564. The Kier molecular flexibility index (Phi) is 5.86. The van der Waals surface area contributed by atoms with Crippen LogP contribution in [0.4, 0.5) is 0 Å². The fourth-order valence-corrected chi connectivity index (χ4v) is 3.96. The average Bonchev–Trinajstić information content (AvgIpc) is 2.72. The summed E-state index contributed by atoms with van der Waals surface area (Å²) in [6, 6.07) is 20.8. The second kappa shape index (κ2) is 8.52. The van der Waals surface area contributed by atoms with Crippen LogP contribution in [0.25, 0.3) is 10.8 Å². The second-order valence-electron chi connectivity index (χ2n) is 7.18. The smallest absolute Gasteiger partial charge is 0.0647 e. The van der Waals surface area contributed by atoms with Crippen molar-refractivity contribution < 1.29 is 0 Å². The monoisotopic (exact) mass is 411 g/mol. The average molecular weight is 412 g/mol. The van der Waals surface area contributed by atoms with Gasteiger partial charge in [0, 0.05) is 32.7 Å². The quantitative estimate of drug-likeness (QED) is 0.513. The molecule has 1 aliphatic rings. The van der Waals surface area contributed by atoms with Crippen LogP contribution in [0.1, 0.15) is 18.1 Å². The summed E-state index contributed by atoms with van der Waals surface area (Å²) in [5.41, 5.74) is 3.36. The molecule has 3 aromatic carbocycles. The first-order valence-electron chi connectivity index (χ1n) is 9.55. The van der Waals surface area contributed by atoms with Crippen molar-refractivity contribution in [2.24, 2.45) is 5.10 Å². The molecule has 5 heteroatoms. The first-order valence-corrected chi connectivity index (χ1v) is 10.3. The summed E-state index contributed by atoms with van der Waals surface area (Å²) in [6.07, 6.45) is 0. The van der Waals surface area contributed by atoms with Crippen molar-refractivity contribution in [3.8, 4) is 0 Å². The Morgan fingerprint density at radius 2 is 1.64 bits per heavy atom. The van der Waals surface area contributed by atoms with Crippen LogP contribution in [0.15, 0.2) is 65.8 Å². The van der Waals surface area contributed by atoms with Gasteiger partial charge >= 0.3 is 0 Å². The van der Waals surface area contributed by atoms with Crippen LogP contribution >= 0.6 is 23.2 Å². The van der Waals surface area contributed by atoms with Crippen LogP contribution in [0, 0.1) is 0 Å². The molecule has 0 atom stereocenters. The predicted molar refractivity (Wildman–Crippen MR) is 119 cm³/mol. The molecule has 0 N–H and O–H groups in total. The van der Waals surface area contributed by atoms with E-state index in [1.165, 1.54) is 16.3 Å². The summed E-state index contributed by atoms with van der Waals surface area (Å²) in [4.78, 5) is 2.50. The van der Waals surface area contributed by atoms with E-state index in [1.54, 1.807) is 0 Å². The van der Waals surface area contributed by atoms with Gasteiger partial charge in [-0.3, -0.25) is 9.91 Å². The van der Waals surface area contributed by atoms with Gasteiger partial charge in [-0.25, -0.2) is 0 Å². The highest BCUT2D eigenvalue weighted by Gasteiger charge is 2.17. The van der Waals surface area contributed by atoms with Gasteiger partial charge in [-0.2, -0.15) is 5.10 Å². The van der Waals surface area contributed by atoms with Crippen molar-refractivity contribution in [3.63, 3.8) is 0 Å². The Labute approximate surface area is 176 Å². The summed E-state index contributed by atoms with van der Waals surface area (Å²) < 4.78 is 0. The van der Waals surface area contributed by atoms with Crippen molar-refractivity contribution in [1.29, 1.82) is 0 Å². The summed E-state index contributed by atoms with van der Waals surface area (Å²) in [7, 11) is 0. The Morgan fingerprint density at radius 1 is 0.893 bits per heavy atom. The zero-order chi connectivity index (χ0) is 19.5. The van der Waals surface area contributed by atoms with Gasteiger partial charge in [0.1, 0.15) is 0 Å². The van der Waals surface area contributed by atoms with Crippen molar-refractivity contribution >= 4 is 39.7 Å². The van der Waals surface area contributed by atoms with E-state index in [9.17, 15) is 0 Å². The molecule has 0 radical (unpaired) electrons. The van der Waals surface area contributed by atoms with Gasteiger partial charge in [-0.15, -0.1) is 0 Å². The van der Waals surface area contributed by atoms with Crippen molar-refractivity contribution in [2.75, 3.05) is 26.2 Å². The lowest BCUT2D eigenvalue weighted by Crippen LogP contribution is -2.43. The number of rotatable bonds is 4. The van der Waals surface area contributed by atoms with Gasteiger partial charge in [-0.05, 0) is 41.0 Å². The Bertz CT molecular complexity index is 1000. The molecule has 4 rings (SSSR count). The van der Waals surface area contributed by atoms with E-state index in [2.05, 4.69) is 52.4 Å². The van der Waals surface area contributed by atoms with E-state index in [0.29, 0.717) is 10.0 Å². The molecule has 0 aromatic heterocycles. The molecule has 1 fully saturated rings. The number of benzene rings is 3. The molecule has 3 nitrogen and oxygen atoms in total. The van der Waals surface area contributed by atoms with Crippen LogP contribution in [-0.4, -0.2) is 41.8 Å². The molecule has 1 heterocycles. The molecule has 0 aliphatic carbocycles. The van der Waals surface area contributed by atoms with E-state index in [0.717, 1.165) is 44.0 Å². The minimum atomic E-state index is 0.564. The normalized spacial score (nSPS) is 16.0. The Morgan fingerprint density at radius 3 is 2.43 bits per heavy atom. The molecular formula is C23H23Cl2N3. The molecule has 3 aromatic rings. The zero-order valence-electron chi connectivity index (χ0n) is 15.9. The first-order chi connectivity index (χ1) is 13.6. The van der Waals surface area contributed by atoms with Crippen molar-refractivity contribution in [2.45, 2.75) is 13.5 Å². The summed E-state index contributed by atoms with van der Waals surface area (Å²) in [6.45, 7) is 6.84. The maximum atomic E-state index is 6.13. The molecule has 0 bridgehead atoms. The lowest BCUT2D eigenvalue weighted by atomic mass is 10.0. The highest BCUT2D eigenvalue weighted by Crippen LogP contribution is 2.23. The number of piperazine rings is 1. The number of hydrogen-bond acceptors (Lipinski definition) is 3. The Hall–Kier alpha value is -2.07. The third-order valence-corrected chi connectivity index (χ3v) is 5.99. The topological polar surface area (TPSA) is 18.8 Å². The molecule has 144 valence electrons. The van der Waals surface area contributed by atoms with E-state index in [1.807, 2.05) is 25.1 Å². The number of nitrogens with zero attached hydrogens (tertiary/aromatic N) is 3. The van der Waals surface area contributed by atoms with Gasteiger partial charge in [0.05, 0.1) is 15.8 Å². The molecule has 0 unspecified atom stereocenters. The number of hydrogen-bond donors (Lipinski definition) is 0. The van der Waals surface area contributed by atoms with Crippen LogP contribution in [0.2, 0.25) is 10.0 Å². The maximum Gasteiger partial charge on any atom is 0.0647 e. The van der Waals surface area contributed by atoms with Gasteiger partial charge < -0.3 is 0 Å². The van der Waals surface area contributed by atoms with E-state index < -0.39 is 0 Å². The molecule has 1 aliphatic heterocycles. The van der Waals surface area contributed by atoms with Crippen LogP contribution in [0.5, 0.6) is 0 Å². The molecule has 0 amide bonds. The van der Waals surface area contributed by atoms with Crippen molar-refractivity contribution in [1.82, 2.24) is 9.91 Å². The fraction of sp³-hybridized carbons (Fsp3) is 0.261. The fourth-order valence-electron chi connectivity index (χ4n) is 3.66. The highest BCUT2D eigenvalue weighted by molar-refractivity contribution is 6.42. The second-order valence-corrected chi connectivity index (χ2v) is 8.00. The largest absolute Gasteiger partial charge is 0.295 e. The van der Waals surface area contributed by atoms with Crippen LogP contribution < -0.4 is 0 Å². The van der Waals surface area contributed by atoms with Gasteiger partial charge in [0.2, 0.25) is 0 Å². The summed E-state index contributed by atoms with van der Waals surface area (Å²) >= 11 is 12.1. The highest BCUT2D eigenvalue weighted by atomic mass is 35.5. The van der Waals surface area contributed by atoms with E-state index >= 15 is 0 Å². The van der Waals surface area contributed by atoms with E-state index in [-0.39, 0.29) is 0 Å². The summed E-state index contributed by atoms with van der Waals surface area (Å²) in [5.74, 6) is 0. The van der Waals surface area contributed by atoms with Gasteiger partial charge in [0.15, 0.2) is 0 Å². The third kappa shape index (κ3) is 4.33. The third-order valence-electron chi connectivity index (χ3n) is 5.25. The van der Waals surface area contributed by atoms with Gasteiger partial charge in [-0.1, -0.05) is 71.7 Å². The van der Waals surface area contributed by atoms with E-state index in [4.69, 9.17) is 28.3 Å². The molecule has 0 spiro atoms. The number of hydrazone groups is 1.